The number of nitrogen functional groups attached to an aromatic ring is 1. The van der Waals surface area contributed by atoms with E-state index in [1.807, 2.05) is 24.3 Å². The minimum atomic E-state index is -0.904. The quantitative estimate of drug-likeness (QED) is 0.129. The molecule has 4 N–H and O–H groups in total. The van der Waals surface area contributed by atoms with E-state index >= 15 is 0 Å². The van der Waals surface area contributed by atoms with Crippen LogP contribution in [-0.4, -0.2) is 55.7 Å². The van der Waals surface area contributed by atoms with Crippen molar-refractivity contribution in [2.24, 2.45) is 5.73 Å². The largest absolute Gasteiger partial charge is 0.467 e. The second kappa shape index (κ2) is 14.5. The molecule has 1 heterocycles. The summed E-state index contributed by atoms with van der Waals surface area (Å²) in [5, 5.41) is 10.2. The van der Waals surface area contributed by atoms with Gasteiger partial charge in [0.15, 0.2) is 5.76 Å². The topological polar surface area (TPSA) is 122 Å². The highest BCUT2D eigenvalue weighted by atomic mass is 35.5. The van der Waals surface area contributed by atoms with Crippen LogP contribution in [0.3, 0.4) is 0 Å². The van der Waals surface area contributed by atoms with Crippen LogP contribution in [0.1, 0.15) is 21.7 Å². The lowest BCUT2D eigenvalue weighted by atomic mass is 10.0. The van der Waals surface area contributed by atoms with Gasteiger partial charge in [-0.2, -0.15) is 0 Å². The molecule has 0 saturated heterocycles. The fraction of sp³-hybridized carbons (Fsp3) is 0.269. The average molecular weight is 568 g/mol. The molecule has 0 spiro atoms. The number of nitrogens with two attached hydrogens (primary N) is 1. The van der Waals surface area contributed by atoms with Gasteiger partial charge in [0.1, 0.15) is 17.6 Å². The minimum absolute atomic E-state index is 0. The number of anilines is 1. The summed E-state index contributed by atoms with van der Waals surface area (Å²) in [7, 11) is 1.27. The maximum atomic E-state index is 12.9. The van der Waals surface area contributed by atoms with Crippen molar-refractivity contribution in [2.45, 2.75) is 12.5 Å². The molecule has 8 nitrogen and oxygen atoms in total. The van der Waals surface area contributed by atoms with E-state index in [-0.39, 0.29) is 30.4 Å². The number of hydrogen-bond donors (Lipinski definition) is 3. The Bertz CT molecular complexity index is 1180. The molecule has 1 atom stereocenters. The minimum Gasteiger partial charge on any atom is -0.467 e. The Morgan fingerprint density at radius 2 is 1.65 bits per heavy atom. The molecular formula is C26H29Cl3N4O4. The van der Waals surface area contributed by atoms with Crippen molar-refractivity contribution < 1.29 is 18.7 Å². The first kappa shape index (κ1) is 30.0. The number of esters is 1. The van der Waals surface area contributed by atoms with Crippen molar-refractivity contribution in [3.8, 4) is 11.3 Å². The number of benzene rings is 2. The number of carbonyl (C=O) groups is 2. The van der Waals surface area contributed by atoms with E-state index < -0.39 is 17.9 Å². The van der Waals surface area contributed by atoms with Gasteiger partial charge in [0.25, 0.3) is 5.91 Å². The molecular weight excluding hydrogens is 539 g/mol. The highest BCUT2D eigenvalue weighted by Gasteiger charge is 2.24. The number of nitrogens with one attached hydrogen (secondary N) is 2. The Morgan fingerprint density at radius 3 is 2.19 bits per heavy atom. The predicted octanol–water partition coefficient (Wildman–Crippen LogP) is 4.45. The van der Waals surface area contributed by atoms with Crippen LogP contribution in [0.5, 0.6) is 0 Å². The molecule has 1 unspecified atom stereocenters. The average Bonchev–Trinajstić information content (AvgIpc) is 3.39. The van der Waals surface area contributed by atoms with Crippen molar-refractivity contribution in [3.63, 3.8) is 0 Å². The molecule has 198 valence electrons. The zero-order valence-corrected chi connectivity index (χ0v) is 22.5. The van der Waals surface area contributed by atoms with Gasteiger partial charge in [-0.25, -0.2) is 4.79 Å². The number of methoxy groups -OCH3 is 1. The van der Waals surface area contributed by atoms with Gasteiger partial charge in [-0.15, -0.1) is 35.6 Å². The normalized spacial score (nSPS) is 11.2. The summed E-state index contributed by atoms with van der Waals surface area (Å²) in [5.41, 5.74) is 8.61. The molecule has 3 rings (SSSR count). The van der Waals surface area contributed by atoms with Crippen molar-refractivity contribution in [1.29, 1.82) is 5.41 Å². The Labute approximate surface area is 232 Å². The van der Waals surface area contributed by atoms with Gasteiger partial charge in [0.2, 0.25) is 0 Å². The first-order chi connectivity index (χ1) is 17.4. The summed E-state index contributed by atoms with van der Waals surface area (Å²) in [4.78, 5) is 27.3. The van der Waals surface area contributed by atoms with E-state index in [1.54, 1.807) is 30.3 Å². The Balaban J connectivity index is 0.00000481. The summed E-state index contributed by atoms with van der Waals surface area (Å²) >= 11 is 11.8. The van der Waals surface area contributed by atoms with E-state index in [9.17, 15) is 9.59 Å². The standard InChI is InChI=1S/C26H28Cl2N4O4.ClH/c1-35-26(34)21(16-17-2-8-20(9-3-17)32(14-12-27)15-13-28)31-25(33)23-11-10-22(36-23)18-4-6-19(7-5-18)24(29)30;/h2-11,21H,12-16H2,1H3,(H3,29,30)(H,31,33);1H. The zero-order chi connectivity index (χ0) is 26.1. The molecule has 0 bridgehead atoms. The number of nitrogens with zero attached hydrogens (tertiary/aromatic N) is 1. The maximum absolute atomic E-state index is 12.9. The molecule has 0 aliphatic rings. The zero-order valence-electron chi connectivity index (χ0n) is 20.2. The van der Waals surface area contributed by atoms with Crippen LogP contribution in [0.2, 0.25) is 0 Å². The third-order valence-corrected chi connectivity index (χ3v) is 5.89. The first-order valence-electron chi connectivity index (χ1n) is 11.3. The molecule has 3 aromatic rings. The van der Waals surface area contributed by atoms with Crippen LogP contribution in [0, 0.1) is 5.41 Å². The first-order valence-corrected chi connectivity index (χ1v) is 12.3. The maximum Gasteiger partial charge on any atom is 0.328 e. The Morgan fingerprint density at radius 1 is 1.03 bits per heavy atom. The van der Waals surface area contributed by atoms with Gasteiger partial charge in [0.05, 0.1) is 7.11 Å². The molecule has 1 aromatic heterocycles. The lowest BCUT2D eigenvalue weighted by molar-refractivity contribution is -0.142. The molecule has 0 aliphatic carbocycles. The summed E-state index contributed by atoms with van der Waals surface area (Å²) in [6.07, 6.45) is 0.240. The Hall–Kier alpha value is -3.20. The third-order valence-electron chi connectivity index (χ3n) is 5.55. The summed E-state index contributed by atoms with van der Waals surface area (Å²) in [6.45, 7) is 1.33. The van der Waals surface area contributed by atoms with Crippen LogP contribution in [0.15, 0.2) is 65.1 Å². The SMILES string of the molecule is COC(=O)C(Cc1ccc(N(CCCl)CCCl)cc1)NC(=O)c1ccc(-c2ccc(C(=N)N)cc2)o1.Cl. The molecule has 1 amide bonds. The van der Waals surface area contributed by atoms with E-state index in [0.717, 1.165) is 16.8 Å². The molecule has 11 heteroatoms. The fourth-order valence-electron chi connectivity index (χ4n) is 3.65. The van der Waals surface area contributed by atoms with Gasteiger partial charge in [-0.05, 0) is 29.8 Å². The van der Waals surface area contributed by atoms with Crippen molar-refractivity contribution in [2.75, 3.05) is 36.9 Å². The van der Waals surface area contributed by atoms with Crippen LogP contribution < -0.4 is 16.0 Å². The molecule has 37 heavy (non-hydrogen) atoms. The number of carbonyl (C=O) groups excluding carboxylic acids is 2. The smallest absolute Gasteiger partial charge is 0.328 e. The molecule has 2 aromatic carbocycles. The number of halogens is 3. The predicted molar refractivity (Wildman–Crippen MR) is 149 cm³/mol. The number of amides is 1. The van der Waals surface area contributed by atoms with Gasteiger partial charge in [0, 0.05) is 48.1 Å². The monoisotopic (exact) mass is 566 g/mol. The second-order valence-electron chi connectivity index (χ2n) is 7.94. The Kier molecular flexibility index (Phi) is 11.8. The highest BCUT2D eigenvalue weighted by molar-refractivity contribution is 6.18. The van der Waals surface area contributed by atoms with E-state index in [0.29, 0.717) is 36.2 Å². The van der Waals surface area contributed by atoms with Crippen LogP contribution in [0.4, 0.5) is 5.69 Å². The van der Waals surface area contributed by atoms with Gasteiger partial charge >= 0.3 is 5.97 Å². The summed E-state index contributed by atoms with van der Waals surface area (Å²) < 4.78 is 10.6. The summed E-state index contributed by atoms with van der Waals surface area (Å²) in [6, 6.07) is 16.8. The summed E-state index contributed by atoms with van der Waals surface area (Å²) in [5.74, 6) is 0.351. The number of alkyl halides is 2. The lowest BCUT2D eigenvalue weighted by Crippen LogP contribution is -2.43. The van der Waals surface area contributed by atoms with Gasteiger partial charge in [-0.3, -0.25) is 10.2 Å². The molecule has 0 aliphatic heterocycles. The van der Waals surface area contributed by atoms with Crippen molar-refractivity contribution >= 4 is 59.0 Å². The van der Waals surface area contributed by atoms with Gasteiger partial charge < -0.3 is 25.1 Å². The lowest BCUT2D eigenvalue weighted by Gasteiger charge is -2.23. The number of hydrogen-bond acceptors (Lipinski definition) is 6. The van der Waals surface area contributed by atoms with E-state index in [4.69, 9.17) is 43.5 Å². The van der Waals surface area contributed by atoms with E-state index in [2.05, 4.69) is 10.2 Å². The molecule has 0 radical (unpaired) electrons. The number of amidine groups is 1. The van der Waals surface area contributed by atoms with Gasteiger partial charge in [-0.1, -0.05) is 36.4 Å². The number of furan rings is 1. The third kappa shape index (κ3) is 8.15. The molecule has 0 saturated carbocycles. The van der Waals surface area contributed by atoms with E-state index in [1.165, 1.54) is 13.2 Å². The van der Waals surface area contributed by atoms with Crippen molar-refractivity contribution in [3.05, 3.63) is 77.6 Å². The second-order valence-corrected chi connectivity index (χ2v) is 8.70. The van der Waals surface area contributed by atoms with Crippen molar-refractivity contribution in [1.82, 2.24) is 5.32 Å². The van der Waals surface area contributed by atoms with Crippen LogP contribution in [0.25, 0.3) is 11.3 Å². The van der Waals surface area contributed by atoms with Crippen LogP contribution >= 0.6 is 35.6 Å². The number of rotatable bonds is 12. The fourth-order valence-corrected chi connectivity index (χ4v) is 4.05. The highest BCUT2D eigenvalue weighted by Crippen LogP contribution is 2.23. The molecule has 0 fully saturated rings. The van der Waals surface area contributed by atoms with Crippen LogP contribution in [-0.2, 0) is 16.0 Å². The number of ether oxygens (including phenoxy) is 1.